The monoisotopic (exact) mass is 244 g/mol. The van der Waals surface area contributed by atoms with Crippen LogP contribution >= 0.6 is 0 Å². The zero-order valence-electron chi connectivity index (χ0n) is 9.77. The zero-order chi connectivity index (χ0) is 13.0. The Hall–Kier alpha value is -2.16. The van der Waals surface area contributed by atoms with Crippen LogP contribution in [0.25, 0.3) is 11.1 Å². The van der Waals surface area contributed by atoms with Crippen molar-refractivity contribution in [1.82, 2.24) is 0 Å². The molecular formula is C15H13FO2. The van der Waals surface area contributed by atoms with Gasteiger partial charge in [-0.1, -0.05) is 42.5 Å². The van der Waals surface area contributed by atoms with E-state index in [1.165, 1.54) is 6.07 Å². The highest BCUT2D eigenvalue weighted by Crippen LogP contribution is 2.26. The number of rotatable bonds is 4. The van der Waals surface area contributed by atoms with Gasteiger partial charge < -0.3 is 5.11 Å². The van der Waals surface area contributed by atoms with Gasteiger partial charge >= 0.3 is 5.97 Å². The van der Waals surface area contributed by atoms with Crippen molar-refractivity contribution < 1.29 is 14.3 Å². The second kappa shape index (κ2) is 5.45. The minimum absolute atomic E-state index is 0.0687. The fourth-order valence-corrected chi connectivity index (χ4v) is 1.93. The molecule has 0 atom stereocenters. The third-order valence-corrected chi connectivity index (χ3v) is 2.79. The Balaban J connectivity index is 2.41. The standard InChI is InChI=1S/C15H13FO2/c16-14-8-4-7-12(11-5-2-1-3-6-11)13(14)9-10-15(17)18/h1-8H,9-10H2,(H,17,18). The van der Waals surface area contributed by atoms with Gasteiger partial charge in [0.25, 0.3) is 0 Å². The Morgan fingerprint density at radius 2 is 1.78 bits per heavy atom. The second-order valence-corrected chi connectivity index (χ2v) is 4.03. The molecule has 0 aliphatic rings. The maximum atomic E-state index is 13.8. The van der Waals surface area contributed by atoms with Gasteiger partial charge in [0.05, 0.1) is 0 Å². The smallest absolute Gasteiger partial charge is 0.303 e. The van der Waals surface area contributed by atoms with E-state index in [2.05, 4.69) is 0 Å². The van der Waals surface area contributed by atoms with Crippen molar-refractivity contribution in [1.29, 1.82) is 0 Å². The molecule has 2 rings (SSSR count). The van der Waals surface area contributed by atoms with E-state index >= 15 is 0 Å². The van der Waals surface area contributed by atoms with Gasteiger partial charge in [-0.15, -0.1) is 0 Å². The first-order chi connectivity index (χ1) is 8.68. The predicted molar refractivity (Wildman–Crippen MR) is 67.8 cm³/mol. The van der Waals surface area contributed by atoms with Crippen molar-refractivity contribution in [2.24, 2.45) is 0 Å². The van der Waals surface area contributed by atoms with Gasteiger partial charge in [-0.3, -0.25) is 4.79 Å². The first-order valence-electron chi connectivity index (χ1n) is 5.73. The van der Waals surface area contributed by atoms with Crippen molar-refractivity contribution in [2.45, 2.75) is 12.8 Å². The fraction of sp³-hybridized carbons (Fsp3) is 0.133. The summed E-state index contributed by atoms with van der Waals surface area (Å²) >= 11 is 0. The average molecular weight is 244 g/mol. The van der Waals surface area contributed by atoms with Crippen LogP contribution in [0.4, 0.5) is 4.39 Å². The molecule has 0 saturated carbocycles. The van der Waals surface area contributed by atoms with Gasteiger partial charge in [0, 0.05) is 6.42 Å². The Bertz CT molecular complexity index is 550. The van der Waals surface area contributed by atoms with E-state index in [4.69, 9.17) is 5.11 Å². The van der Waals surface area contributed by atoms with Gasteiger partial charge in [-0.2, -0.15) is 0 Å². The summed E-state index contributed by atoms with van der Waals surface area (Å²) in [6.07, 6.45) is 0.132. The van der Waals surface area contributed by atoms with E-state index in [0.29, 0.717) is 5.56 Å². The Labute approximate surface area is 105 Å². The number of carbonyl (C=O) groups is 1. The van der Waals surface area contributed by atoms with Crippen LogP contribution in [0.2, 0.25) is 0 Å². The first kappa shape index (κ1) is 12.3. The Morgan fingerprint density at radius 3 is 2.44 bits per heavy atom. The second-order valence-electron chi connectivity index (χ2n) is 4.03. The minimum atomic E-state index is -0.919. The van der Waals surface area contributed by atoms with E-state index in [1.54, 1.807) is 6.07 Å². The van der Waals surface area contributed by atoms with Crippen LogP contribution < -0.4 is 0 Å². The molecule has 0 unspecified atom stereocenters. The highest BCUT2D eigenvalue weighted by atomic mass is 19.1. The molecule has 0 aromatic heterocycles. The molecule has 0 spiro atoms. The first-order valence-corrected chi connectivity index (χ1v) is 5.73. The molecule has 0 saturated heterocycles. The molecule has 3 heteroatoms. The van der Waals surface area contributed by atoms with E-state index in [0.717, 1.165) is 11.1 Å². The van der Waals surface area contributed by atoms with Gasteiger partial charge in [-0.25, -0.2) is 4.39 Å². The minimum Gasteiger partial charge on any atom is -0.481 e. The third-order valence-electron chi connectivity index (χ3n) is 2.79. The maximum Gasteiger partial charge on any atom is 0.303 e. The zero-order valence-corrected chi connectivity index (χ0v) is 9.77. The molecular weight excluding hydrogens is 231 g/mol. The van der Waals surface area contributed by atoms with Crippen LogP contribution in [-0.2, 0) is 11.2 Å². The van der Waals surface area contributed by atoms with Gasteiger partial charge in [-0.05, 0) is 29.2 Å². The molecule has 0 aliphatic carbocycles. The van der Waals surface area contributed by atoms with Crippen LogP contribution in [0.3, 0.4) is 0 Å². The van der Waals surface area contributed by atoms with E-state index in [1.807, 2.05) is 36.4 Å². The van der Waals surface area contributed by atoms with Gasteiger partial charge in [0.15, 0.2) is 0 Å². The number of hydrogen-bond donors (Lipinski definition) is 1. The SMILES string of the molecule is O=C(O)CCc1c(F)cccc1-c1ccccc1. The average Bonchev–Trinajstić information content (AvgIpc) is 2.38. The molecule has 1 N–H and O–H groups in total. The lowest BCUT2D eigenvalue weighted by atomic mass is 9.96. The summed E-state index contributed by atoms with van der Waals surface area (Å²) in [6, 6.07) is 14.2. The van der Waals surface area contributed by atoms with Crippen LogP contribution in [0, 0.1) is 5.82 Å². The highest BCUT2D eigenvalue weighted by molar-refractivity contribution is 5.70. The molecule has 0 radical (unpaired) electrons. The summed E-state index contributed by atoms with van der Waals surface area (Å²) in [7, 11) is 0. The number of halogens is 1. The number of hydrogen-bond acceptors (Lipinski definition) is 1. The van der Waals surface area contributed by atoms with Crippen molar-refractivity contribution in [2.75, 3.05) is 0 Å². The molecule has 0 heterocycles. The Morgan fingerprint density at radius 1 is 1.06 bits per heavy atom. The van der Waals surface area contributed by atoms with Gasteiger partial charge in [0.1, 0.15) is 5.82 Å². The summed E-state index contributed by atoms with van der Waals surface area (Å²) in [5, 5.41) is 8.70. The number of aliphatic carboxylic acids is 1. The van der Waals surface area contributed by atoms with E-state index in [-0.39, 0.29) is 18.7 Å². The lowest BCUT2D eigenvalue weighted by molar-refractivity contribution is -0.136. The molecule has 92 valence electrons. The number of carboxylic acid groups (broad SMARTS) is 1. The summed E-state index contributed by atoms with van der Waals surface area (Å²) in [5.74, 6) is -1.27. The predicted octanol–water partition coefficient (Wildman–Crippen LogP) is 3.51. The normalized spacial score (nSPS) is 10.3. The Kier molecular flexibility index (Phi) is 3.72. The molecule has 0 bridgehead atoms. The van der Waals surface area contributed by atoms with Crippen LogP contribution in [-0.4, -0.2) is 11.1 Å². The third kappa shape index (κ3) is 2.74. The van der Waals surface area contributed by atoms with Crippen LogP contribution in [0.5, 0.6) is 0 Å². The lowest BCUT2D eigenvalue weighted by Crippen LogP contribution is -2.01. The molecule has 18 heavy (non-hydrogen) atoms. The van der Waals surface area contributed by atoms with Crippen LogP contribution in [0.1, 0.15) is 12.0 Å². The molecule has 2 nitrogen and oxygen atoms in total. The maximum absolute atomic E-state index is 13.8. The van der Waals surface area contributed by atoms with E-state index in [9.17, 15) is 9.18 Å². The molecule has 2 aromatic carbocycles. The van der Waals surface area contributed by atoms with Crippen molar-refractivity contribution in [3.63, 3.8) is 0 Å². The quantitative estimate of drug-likeness (QED) is 0.893. The molecule has 2 aromatic rings. The van der Waals surface area contributed by atoms with Crippen molar-refractivity contribution in [3.8, 4) is 11.1 Å². The highest BCUT2D eigenvalue weighted by Gasteiger charge is 2.11. The summed E-state index contributed by atoms with van der Waals surface area (Å²) in [4.78, 5) is 10.6. The molecule has 0 fully saturated rings. The van der Waals surface area contributed by atoms with Crippen molar-refractivity contribution in [3.05, 3.63) is 59.9 Å². The fourth-order valence-electron chi connectivity index (χ4n) is 1.93. The number of benzene rings is 2. The summed E-state index contributed by atoms with van der Waals surface area (Å²) in [6.45, 7) is 0. The molecule has 0 aliphatic heterocycles. The molecule has 0 amide bonds. The van der Waals surface area contributed by atoms with Gasteiger partial charge in [0.2, 0.25) is 0 Å². The largest absolute Gasteiger partial charge is 0.481 e. The topological polar surface area (TPSA) is 37.3 Å². The summed E-state index contributed by atoms with van der Waals surface area (Å²) in [5.41, 5.74) is 2.13. The summed E-state index contributed by atoms with van der Waals surface area (Å²) < 4.78 is 13.8. The lowest BCUT2D eigenvalue weighted by Gasteiger charge is -2.10. The number of carboxylic acids is 1. The van der Waals surface area contributed by atoms with E-state index < -0.39 is 5.97 Å². The van der Waals surface area contributed by atoms with Crippen molar-refractivity contribution >= 4 is 5.97 Å². The van der Waals surface area contributed by atoms with Crippen LogP contribution in [0.15, 0.2) is 48.5 Å².